The molecule has 0 aliphatic carbocycles. The molecule has 0 radical (unpaired) electrons. The molecule has 1 heterocycles. The molecular formula is C18H18BrN2O4P. The van der Waals surface area contributed by atoms with E-state index in [-0.39, 0.29) is 11.3 Å². The third kappa shape index (κ3) is 4.07. The van der Waals surface area contributed by atoms with Gasteiger partial charge in [0, 0.05) is 30.8 Å². The molecule has 0 aliphatic rings. The Morgan fingerprint density at radius 2 is 1.73 bits per heavy atom. The zero-order valence-electron chi connectivity index (χ0n) is 14.3. The van der Waals surface area contributed by atoms with Crippen molar-refractivity contribution in [2.24, 2.45) is 0 Å². The van der Waals surface area contributed by atoms with Gasteiger partial charge in [-0.15, -0.1) is 0 Å². The van der Waals surface area contributed by atoms with Crippen molar-refractivity contribution in [1.29, 1.82) is 0 Å². The van der Waals surface area contributed by atoms with Crippen LogP contribution in [0.25, 0.3) is 11.5 Å². The van der Waals surface area contributed by atoms with Crippen LogP contribution in [0.15, 0.2) is 63.5 Å². The van der Waals surface area contributed by atoms with Gasteiger partial charge in [-0.2, -0.15) is 4.98 Å². The summed E-state index contributed by atoms with van der Waals surface area (Å²) in [6, 6.07) is 17.2. The van der Waals surface area contributed by atoms with Crippen LogP contribution in [-0.4, -0.2) is 19.2 Å². The smallest absolute Gasteiger partial charge is 0.384 e. The highest BCUT2D eigenvalue weighted by atomic mass is 79.9. The van der Waals surface area contributed by atoms with E-state index in [1.807, 2.05) is 54.6 Å². The first kappa shape index (κ1) is 18.9. The van der Waals surface area contributed by atoms with Gasteiger partial charge in [-0.25, -0.2) is 0 Å². The van der Waals surface area contributed by atoms with Crippen LogP contribution in [0, 0.1) is 0 Å². The number of anilines is 1. The maximum absolute atomic E-state index is 12.9. The first-order valence-corrected chi connectivity index (χ1v) is 10.2. The summed E-state index contributed by atoms with van der Waals surface area (Å²) in [6.45, 7) is 0.482. The fourth-order valence-electron chi connectivity index (χ4n) is 2.35. The van der Waals surface area contributed by atoms with Gasteiger partial charge in [0.15, 0.2) is 0 Å². The van der Waals surface area contributed by atoms with Crippen molar-refractivity contribution >= 4 is 34.8 Å². The van der Waals surface area contributed by atoms with Gasteiger partial charge in [-0.05, 0) is 29.8 Å². The molecule has 1 aromatic heterocycles. The second-order valence-electron chi connectivity index (χ2n) is 5.38. The van der Waals surface area contributed by atoms with E-state index >= 15 is 0 Å². The normalized spacial score (nSPS) is 11.5. The molecule has 0 spiro atoms. The summed E-state index contributed by atoms with van der Waals surface area (Å²) < 4.78 is 29.8. The van der Waals surface area contributed by atoms with Crippen LogP contribution < -0.4 is 10.8 Å². The van der Waals surface area contributed by atoms with E-state index in [9.17, 15) is 4.57 Å². The van der Waals surface area contributed by atoms with Crippen LogP contribution in [0.4, 0.5) is 5.88 Å². The van der Waals surface area contributed by atoms with E-state index in [1.165, 1.54) is 14.2 Å². The Kier molecular flexibility index (Phi) is 5.94. The summed E-state index contributed by atoms with van der Waals surface area (Å²) in [5.41, 5.74) is 1.92. The number of hydrogen-bond donors (Lipinski definition) is 1. The molecule has 1 N–H and O–H groups in total. The van der Waals surface area contributed by atoms with Gasteiger partial charge in [0.1, 0.15) is 0 Å². The predicted molar refractivity (Wildman–Crippen MR) is 105 cm³/mol. The summed E-state index contributed by atoms with van der Waals surface area (Å²) >= 11 is 3.39. The van der Waals surface area contributed by atoms with E-state index in [1.54, 1.807) is 0 Å². The number of rotatable bonds is 7. The number of nitrogens with zero attached hydrogens (tertiary/aromatic N) is 1. The van der Waals surface area contributed by atoms with Crippen molar-refractivity contribution < 1.29 is 18.0 Å². The van der Waals surface area contributed by atoms with Crippen molar-refractivity contribution in [3.63, 3.8) is 0 Å². The lowest BCUT2D eigenvalue weighted by Gasteiger charge is -2.12. The molecule has 0 fully saturated rings. The summed E-state index contributed by atoms with van der Waals surface area (Å²) in [5.74, 6) is 0.594. The van der Waals surface area contributed by atoms with Crippen molar-refractivity contribution in [3.8, 4) is 11.5 Å². The highest BCUT2D eigenvalue weighted by molar-refractivity contribution is 9.10. The summed E-state index contributed by atoms with van der Waals surface area (Å²) in [6.07, 6.45) is 0. The summed E-state index contributed by atoms with van der Waals surface area (Å²) in [7, 11) is -0.941. The zero-order valence-corrected chi connectivity index (χ0v) is 16.8. The molecule has 0 saturated carbocycles. The van der Waals surface area contributed by atoms with Gasteiger partial charge in [0.2, 0.25) is 17.2 Å². The molecule has 0 unspecified atom stereocenters. The molecule has 2 aromatic carbocycles. The van der Waals surface area contributed by atoms with E-state index in [0.717, 1.165) is 15.6 Å². The Bertz CT molecular complexity index is 905. The number of halogens is 1. The molecule has 3 aromatic rings. The quantitative estimate of drug-likeness (QED) is 0.534. The molecule has 0 aliphatic heterocycles. The third-order valence-corrected chi connectivity index (χ3v) is 6.05. The largest absolute Gasteiger partial charge is 0.420 e. The second-order valence-corrected chi connectivity index (χ2v) is 8.44. The van der Waals surface area contributed by atoms with Crippen LogP contribution in [0.1, 0.15) is 5.56 Å². The number of nitrogens with one attached hydrogen (secondary N) is 1. The van der Waals surface area contributed by atoms with Gasteiger partial charge in [-0.1, -0.05) is 46.3 Å². The maximum Gasteiger partial charge on any atom is 0.384 e. The predicted octanol–water partition coefficient (Wildman–Crippen LogP) is 4.83. The molecule has 0 saturated heterocycles. The molecule has 8 heteroatoms. The minimum absolute atomic E-state index is 0.122. The van der Waals surface area contributed by atoms with Crippen molar-refractivity contribution in [1.82, 2.24) is 4.98 Å². The Morgan fingerprint density at radius 1 is 1.08 bits per heavy atom. The van der Waals surface area contributed by atoms with Crippen LogP contribution in [-0.2, 0) is 20.2 Å². The monoisotopic (exact) mass is 436 g/mol. The maximum atomic E-state index is 12.9. The number of aromatic nitrogens is 1. The Hall–Kier alpha value is -1.92. The molecule has 26 heavy (non-hydrogen) atoms. The third-order valence-electron chi connectivity index (χ3n) is 3.74. The molecular weight excluding hydrogens is 419 g/mol. The van der Waals surface area contributed by atoms with Crippen molar-refractivity contribution in [2.45, 2.75) is 6.54 Å². The second kappa shape index (κ2) is 8.18. The Morgan fingerprint density at radius 3 is 2.35 bits per heavy atom. The fraction of sp³-hybridized carbons (Fsp3) is 0.167. The molecule has 0 bridgehead atoms. The number of benzene rings is 2. The van der Waals surface area contributed by atoms with Crippen LogP contribution in [0.5, 0.6) is 0 Å². The Balaban J connectivity index is 1.97. The number of oxazole rings is 1. The number of hydrogen-bond acceptors (Lipinski definition) is 6. The highest BCUT2D eigenvalue weighted by Crippen LogP contribution is 2.47. The van der Waals surface area contributed by atoms with Gasteiger partial charge in [-0.3, -0.25) is 4.57 Å². The molecule has 6 nitrogen and oxygen atoms in total. The van der Waals surface area contributed by atoms with E-state index in [4.69, 9.17) is 13.5 Å². The SMILES string of the molecule is COP(=O)(OC)c1nc(-c2ccc(Br)cc2)oc1NCc1ccccc1. The van der Waals surface area contributed by atoms with Gasteiger partial charge >= 0.3 is 7.60 Å². The first-order valence-electron chi connectivity index (χ1n) is 7.82. The summed E-state index contributed by atoms with van der Waals surface area (Å²) in [4.78, 5) is 4.38. The minimum Gasteiger partial charge on any atom is -0.420 e. The molecule has 0 amide bonds. The lowest BCUT2D eigenvalue weighted by Crippen LogP contribution is -2.14. The van der Waals surface area contributed by atoms with Crippen LogP contribution in [0.2, 0.25) is 0 Å². The van der Waals surface area contributed by atoms with E-state index < -0.39 is 7.60 Å². The minimum atomic E-state index is -3.58. The Labute approximate surface area is 160 Å². The van der Waals surface area contributed by atoms with Crippen LogP contribution >= 0.6 is 23.5 Å². The highest BCUT2D eigenvalue weighted by Gasteiger charge is 2.34. The van der Waals surface area contributed by atoms with Gasteiger partial charge in [0.25, 0.3) is 0 Å². The van der Waals surface area contributed by atoms with E-state index in [0.29, 0.717) is 12.4 Å². The van der Waals surface area contributed by atoms with Gasteiger partial charge in [0.05, 0.1) is 0 Å². The molecule has 3 rings (SSSR count). The van der Waals surface area contributed by atoms with Crippen LogP contribution in [0.3, 0.4) is 0 Å². The summed E-state index contributed by atoms with van der Waals surface area (Å²) in [5, 5.41) is 3.13. The van der Waals surface area contributed by atoms with Gasteiger partial charge < -0.3 is 18.8 Å². The lowest BCUT2D eigenvalue weighted by atomic mass is 10.2. The molecule has 0 atom stereocenters. The standard InChI is InChI=1S/C18H18BrN2O4P/c1-23-26(22,24-2)18-17(20-12-13-6-4-3-5-7-13)25-16(21-18)14-8-10-15(19)11-9-14/h3-11,20H,12H2,1-2H3. The molecule has 136 valence electrons. The average Bonchev–Trinajstić information content (AvgIpc) is 3.12. The average molecular weight is 437 g/mol. The fourth-order valence-corrected chi connectivity index (χ4v) is 3.70. The van der Waals surface area contributed by atoms with E-state index in [2.05, 4.69) is 26.2 Å². The first-order chi connectivity index (χ1) is 12.6. The van der Waals surface area contributed by atoms with Crippen molar-refractivity contribution in [2.75, 3.05) is 19.5 Å². The lowest BCUT2D eigenvalue weighted by molar-refractivity contribution is 0.286. The topological polar surface area (TPSA) is 73.6 Å². The van der Waals surface area contributed by atoms with Crippen molar-refractivity contribution in [3.05, 3.63) is 64.6 Å². The zero-order chi connectivity index (χ0) is 18.6.